The van der Waals surface area contributed by atoms with Gasteiger partial charge in [-0.25, -0.2) is 9.97 Å². The van der Waals surface area contributed by atoms with Crippen molar-refractivity contribution in [2.45, 2.75) is 13.5 Å². The van der Waals surface area contributed by atoms with Crippen LogP contribution >= 0.6 is 0 Å². The van der Waals surface area contributed by atoms with Gasteiger partial charge in [0.15, 0.2) is 0 Å². The number of aromatic amines is 1. The summed E-state index contributed by atoms with van der Waals surface area (Å²) in [5.74, 6) is 2.86. The quantitative estimate of drug-likeness (QED) is 0.575. The SMILES string of the molecule is Cc1nc(-c2cn3c(n2)-c2ccc(C(C=NCCO)=CN)cc2OCC3)n[nH]1. The molecule has 0 fully saturated rings. The highest BCUT2D eigenvalue weighted by Crippen LogP contribution is 2.35. The largest absolute Gasteiger partial charge is 0.491 e. The van der Waals surface area contributed by atoms with E-state index in [2.05, 4.69) is 24.7 Å². The van der Waals surface area contributed by atoms with Crippen molar-refractivity contribution in [1.82, 2.24) is 24.7 Å². The molecule has 0 unspecified atom stereocenters. The molecule has 4 N–H and O–H groups in total. The number of nitrogens with two attached hydrogens (primary N) is 1. The van der Waals surface area contributed by atoms with Crippen LogP contribution in [-0.4, -0.2) is 55.8 Å². The number of fused-ring (bicyclic) bond motifs is 3. The van der Waals surface area contributed by atoms with Crippen LogP contribution in [0.1, 0.15) is 11.4 Å². The zero-order valence-corrected chi connectivity index (χ0v) is 15.5. The minimum Gasteiger partial charge on any atom is -0.491 e. The molecule has 3 heterocycles. The average molecular weight is 379 g/mol. The summed E-state index contributed by atoms with van der Waals surface area (Å²) in [6, 6.07) is 5.85. The Hall–Kier alpha value is -3.46. The zero-order valence-electron chi connectivity index (χ0n) is 15.5. The fourth-order valence-corrected chi connectivity index (χ4v) is 3.06. The normalized spacial score (nSPS) is 13.9. The molecule has 0 saturated heterocycles. The number of aliphatic hydroxyl groups excluding tert-OH is 1. The topological polar surface area (TPSA) is 127 Å². The summed E-state index contributed by atoms with van der Waals surface area (Å²) in [6.07, 6.45) is 5.08. The third-order valence-electron chi connectivity index (χ3n) is 4.39. The summed E-state index contributed by atoms with van der Waals surface area (Å²) in [5.41, 5.74) is 9.00. The molecule has 0 aliphatic carbocycles. The van der Waals surface area contributed by atoms with Gasteiger partial charge in [-0.05, 0) is 24.6 Å². The van der Waals surface area contributed by atoms with Crippen LogP contribution in [0.4, 0.5) is 0 Å². The van der Waals surface area contributed by atoms with E-state index in [1.54, 1.807) is 6.21 Å². The highest BCUT2D eigenvalue weighted by atomic mass is 16.5. The van der Waals surface area contributed by atoms with Crippen LogP contribution in [0.25, 0.3) is 28.5 Å². The van der Waals surface area contributed by atoms with Crippen LogP contribution in [0.15, 0.2) is 35.6 Å². The van der Waals surface area contributed by atoms with Crippen molar-refractivity contribution in [3.8, 4) is 28.7 Å². The summed E-state index contributed by atoms with van der Waals surface area (Å²) < 4.78 is 8.00. The minimum atomic E-state index is -0.00295. The number of ether oxygens (including phenoxy) is 1. The maximum absolute atomic E-state index is 8.89. The first-order valence-corrected chi connectivity index (χ1v) is 8.96. The molecule has 1 aliphatic rings. The van der Waals surface area contributed by atoms with Crippen molar-refractivity contribution in [3.05, 3.63) is 42.0 Å². The molecule has 28 heavy (non-hydrogen) atoms. The monoisotopic (exact) mass is 379 g/mol. The first kappa shape index (κ1) is 17.9. The molecule has 2 aromatic heterocycles. The maximum atomic E-state index is 8.89. The minimum absolute atomic E-state index is 0.00295. The van der Waals surface area contributed by atoms with Crippen molar-refractivity contribution in [3.63, 3.8) is 0 Å². The molecule has 0 radical (unpaired) electrons. The number of aromatic nitrogens is 5. The summed E-state index contributed by atoms with van der Waals surface area (Å²) >= 11 is 0. The van der Waals surface area contributed by atoms with Gasteiger partial charge in [-0.15, -0.1) is 0 Å². The van der Waals surface area contributed by atoms with Gasteiger partial charge < -0.3 is 20.1 Å². The van der Waals surface area contributed by atoms with Gasteiger partial charge >= 0.3 is 0 Å². The highest BCUT2D eigenvalue weighted by molar-refractivity contribution is 6.09. The lowest BCUT2D eigenvalue weighted by Crippen LogP contribution is -2.04. The fraction of sp³-hybridized carbons (Fsp3) is 0.263. The Morgan fingerprint density at radius 1 is 1.43 bits per heavy atom. The number of benzene rings is 1. The second-order valence-corrected chi connectivity index (χ2v) is 6.33. The van der Waals surface area contributed by atoms with E-state index in [-0.39, 0.29) is 6.61 Å². The Kier molecular flexibility index (Phi) is 4.90. The van der Waals surface area contributed by atoms with E-state index in [9.17, 15) is 0 Å². The van der Waals surface area contributed by atoms with Crippen molar-refractivity contribution < 1.29 is 9.84 Å². The third kappa shape index (κ3) is 3.39. The smallest absolute Gasteiger partial charge is 0.201 e. The summed E-state index contributed by atoms with van der Waals surface area (Å²) in [7, 11) is 0. The van der Waals surface area contributed by atoms with Gasteiger partial charge in [0.1, 0.15) is 29.7 Å². The van der Waals surface area contributed by atoms with Crippen molar-refractivity contribution in [2.75, 3.05) is 19.8 Å². The van der Waals surface area contributed by atoms with Crippen molar-refractivity contribution >= 4 is 11.8 Å². The van der Waals surface area contributed by atoms with Gasteiger partial charge in [-0.3, -0.25) is 10.1 Å². The molecule has 0 atom stereocenters. The molecular formula is C19H21N7O2. The lowest BCUT2D eigenvalue weighted by Gasteiger charge is -2.09. The number of nitrogens with one attached hydrogen (secondary N) is 1. The Morgan fingerprint density at radius 3 is 3.07 bits per heavy atom. The zero-order chi connectivity index (χ0) is 19.5. The number of aliphatic imine (C=N–C) groups is 1. The number of H-pyrrole nitrogens is 1. The van der Waals surface area contributed by atoms with Gasteiger partial charge in [-0.1, -0.05) is 6.07 Å². The van der Waals surface area contributed by atoms with E-state index in [1.165, 1.54) is 6.20 Å². The van der Waals surface area contributed by atoms with Gasteiger partial charge in [0.25, 0.3) is 0 Å². The molecule has 3 aromatic rings. The van der Waals surface area contributed by atoms with E-state index in [4.69, 9.17) is 20.6 Å². The van der Waals surface area contributed by atoms with Crippen LogP contribution in [0.5, 0.6) is 5.75 Å². The average Bonchev–Trinajstić information content (AvgIpc) is 3.28. The highest BCUT2D eigenvalue weighted by Gasteiger charge is 2.21. The number of aliphatic hydroxyl groups is 1. The first-order valence-electron chi connectivity index (χ1n) is 8.96. The van der Waals surface area contributed by atoms with Crippen LogP contribution in [0, 0.1) is 6.92 Å². The molecule has 9 heteroatoms. The lowest BCUT2D eigenvalue weighted by atomic mass is 10.0. The molecule has 0 saturated carbocycles. The molecule has 1 aromatic carbocycles. The summed E-state index contributed by atoms with van der Waals surface area (Å²) in [4.78, 5) is 13.2. The molecule has 1 aliphatic heterocycles. The second-order valence-electron chi connectivity index (χ2n) is 6.33. The van der Waals surface area contributed by atoms with E-state index >= 15 is 0 Å². The Bertz CT molecular complexity index is 1050. The van der Waals surface area contributed by atoms with E-state index < -0.39 is 0 Å². The predicted molar refractivity (Wildman–Crippen MR) is 106 cm³/mol. The third-order valence-corrected chi connectivity index (χ3v) is 4.39. The Balaban J connectivity index is 1.71. The second kappa shape index (κ2) is 7.65. The summed E-state index contributed by atoms with van der Waals surface area (Å²) in [6.45, 7) is 3.38. The number of nitrogens with zero attached hydrogens (tertiary/aromatic N) is 5. The molecule has 9 nitrogen and oxygen atoms in total. The van der Waals surface area contributed by atoms with Crippen LogP contribution in [0.2, 0.25) is 0 Å². The number of hydrogen-bond acceptors (Lipinski definition) is 7. The standard InChI is InChI=1S/C19H21N7O2/c1-12-22-18(25-24-12)16-11-26-5-7-28-17-8-13(2-3-15(17)19(26)23-16)14(9-20)10-21-4-6-27/h2-3,8-11,27H,4-7,20H2,1H3,(H,22,24,25). The van der Waals surface area contributed by atoms with Gasteiger partial charge in [0, 0.05) is 24.2 Å². The predicted octanol–water partition coefficient (Wildman–Crippen LogP) is 1.40. The number of allylic oxidation sites excluding steroid dienone is 1. The van der Waals surface area contributed by atoms with Crippen LogP contribution in [0.3, 0.4) is 0 Å². The molecule has 0 spiro atoms. The van der Waals surface area contributed by atoms with E-state index in [0.717, 1.165) is 39.8 Å². The van der Waals surface area contributed by atoms with Gasteiger partial charge in [0.2, 0.25) is 5.82 Å². The van der Waals surface area contributed by atoms with Gasteiger partial charge in [-0.2, -0.15) is 5.10 Å². The molecule has 0 bridgehead atoms. The fourth-order valence-electron chi connectivity index (χ4n) is 3.06. The molecule has 4 rings (SSSR count). The van der Waals surface area contributed by atoms with Gasteiger partial charge in [0.05, 0.1) is 25.3 Å². The lowest BCUT2D eigenvalue weighted by molar-refractivity contribution is 0.306. The van der Waals surface area contributed by atoms with Crippen molar-refractivity contribution in [1.29, 1.82) is 0 Å². The summed E-state index contributed by atoms with van der Waals surface area (Å²) in [5, 5.41) is 15.9. The molecule has 0 amide bonds. The number of imidazole rings is 1. The number of rotatable bonds is 5. The van der Waals surface area contributed by atoms with Crippen LogP contribution < -0.4 is 10.5 Å². The van der Waals surface area contributed by atoms with Crippen LogP contribution in [-0.2, 0) is 6.54 Å². The number of aryl methyl sites for hydroxylation is 1. The molecule has 144 valence electrons. The molecular weight excluding hydrogens is 358 g/mol. The number of hydrogen-bond donors (Lipinski definition) is 3. The Labute approximate surface area is 161 Å². The first-order chi connectivity index (χ1) is 13.7. The maximum Gasteiger partial charge on any atom is 0.201 e. The van der Waals surface area contributed by atoms with E-state index in [0.29, 0.717) is 25.5 Å². The van der Waals surface area contributed by atoms with E-state index in [1.807, 2.05) is 31.3 Å². The Morgan fingerprint density at radius 2 is 2.32 bits per heavy atom. The van der Waals surface area contributed by atoms with Crippen molar-refractivity contribution in [2.24, 2.45) is 10.7 Å².